The first kappa shape index (κ1) is 33.7. The number of hydrazine groups is 2. The highest BCUT2D eigenvalue weighted by atomic mass is 16.4. The molecule has 0 fully saturated rings. The van der Waals surface area contributed by atoms with Crippen LogP contribution in [-0.2, 0) is 4.79 Å². The van der Waals surface area contributed by atoms with Gasteiger partial charge < -0.3 is 10.2 Å². The van der Waals surface area contributed by atoms with Crippen LogP contribution in [0.25, 0.3) is 0 Å². The normalized spacial score (nSPS) is 11.1. The molecular formula is C28H57N3O4. The molecule has 0 aliphatic heterocycles. The average molecular weight is 500 g/mol. The molecule has 0 aromatic carbocycles. The molecule has 0 spiro atoms. The molecule has 0 saturated heterocycles. The number of aliphatic carboxylic acids is 1. The fourth-order valence-electron chi connectivity index (χ4n) is 4.54. The number of carboxylic acid groups (broad SMARTS) is 2. The standard InChI is InChI=1S/C28H57N3O4/c32-27(33)25-23-21-19-17-15-13-11-9-7-5-3-1-2-4-6-8-10-12-14-16-18-20-22-24-26-29-31-30-28(34)35/h29-31H,1-26H2,(H,32,33)(H,34,35). The van der Waals surface area contributed by atoms with Gasteiger partial charge in [-0.25, -0.2) is 15.6 Å². The van der Waals surface area contributed by atoms with E-state index in [9.17, 15) is 9.59 Å². The highest BCUT2D eigenvalue weighted by molar-refractivity contribution is 5.66. The maximum Gasteiger partial charge on any atom is 0.420 e. The Kier molecular flexibility index (Phi) is 27.8. The van der Waals surface area contributed by atoms with E-state index in [1.165, 1.54) is 135 Å². The molecule has 0 aliphatic rings. The maximum atomic E-state index is 10.4. The van der Waals surface area contributed by atoms with Crippen LogP contribution >= 0.6 is 0 Å². The Balaban J connectivity index is 3.03. The largest absolute Gasteiger partial charge is 0.481 e. The maximum absolute atomic E-state index is 10.4. The first-order valence-electron chi connectivity index (χ1n) is 14.8. The summed E-state index contributed by atoms with van der Waals surface area (Å²) >= 11 is 0. The second-order valence-corrected chi connectivity index (χ2v) is 10.1. The van der Waals surface area contributed by atoms with E-state index in [2.05, 4.69) is 16.4 Å². The van der Waals surface area contributed by atoms with E-state index < -0.39 is 12.1 Å². The summed E-state index contributed by atoms with van der Waals surface area (Å²) in [6, 6.07) is 0. The number of rotatable bonds is 29. The molecule has 0 rings (SSSR count). The van der Waals surface area contributed by atoms with Gasteiger partial charge in [-0.3, -0.25) is 4.79 Å². The summed E-state index contributed by atoms with van der Waals surface area (Å²) in [5.74, 6) is -0.661. The van der Waals surface area contributed by atoms with Crippen LogP contribution in [0.15, 0.2) is 0 Å². The Morgan fingerprint density at radius 2 is 0.714 bits per heavy atom. The molecule has 0 heterocycles. The lowest BCUT2D eigenvalue weighted by atomic mass is 10.0. The molecule has 208 valence electrons. The summed E-state index contributed by atoms with van der Waals surface area (Å²) < 4.78 is 0. The molecule has 0 saturated carbocycles. The van der Waals surface area contributed by atoms with Crippen molar-refractivity contribution in [3.05, 3.63) is 0 Å². The van der Waals surface area contributed by atoms with Crippen LogP contribution in [0.3, 0.4) is 0 Å². The predicted octanol–water partition coefficient (Wildman–Crippen LogP) is 8.10. The van der Waals surface area contributed by atoms with Crippen molar-refractivity contribution in [1.29, 1.82) is 0 Å². The minimum atomic E-state index is -1.08. The summed E-state index contributed by atoms with van der Waals surface area (Å²) in [5, 5.41) is 17.0. The lowest BCUT2D eigenvalue weighted by Crippen LogP contribution is -2.46. The molecule has 0 aliphatic carbocycles. The Morgan fingerprint density at radius 1 is 0.429 bits per heavy atom. The first-order chi connectivity index (χ1) is 17.1. The van der Waals surface area contributed by atoms with Gasteiger partial charge in [-0.1, -0.05) is 141 Å². The first-order valence-corrected chi connectivity index (χ1v) is 14.8. The van der Waals surface area contributed by atoms with Gasteiger partial charge in [-0.2, -0.15) is 5.53 Å². The summed E-state index contributed by atoms with van der Waals surface area (Å²) in [5.41, 5.74) is 7.34. The van der Waals surface area contributed by atoms with Crippen LogP contribution < -0.4 is 16.4 Å². The zero-order valence-electron chi connectivity index (χ0n) is 22.6. The monoisotopic (exact) mass is 499 g/mol. The fraction of sp³-hybridized carbons (Fsp3) is 0.929. The van der Waals surface area contributed by atoms with Crippen molar-refractivity contribution in [2.75, 3.05) is 6.54 Å². The zero-order chi connectivity index (χ0) is 25.7. The quantitative estimate of drug-likeness (QED) is 0.0525. The van der Waals surface area contributed by atoms with Crippen LogP contribution in [0.2, 0.25) is 0 Å². The van der Waals surface area contributed by atoms with E-state index in [0.29, 0.717) is 6.42 Å². The van der Waals surface area contributed by atoms with Gasteiger partial charge in [0.15, 0.2) is 0 Å². The number of carbonyl (C=O) groups is 2. The Morgan fingerprint density at radius 3 is 1.00 bits per heavy atom. The van der Waals surface area contributed by atoms with Crippen molar-refractivity contribution in [3.63, 3.8) is 0 Å². The van der Waals surface area contributed by atoms with Crippen LogP contribution in [0, 0.1) is 0 Å². The minimum absolute atomic E-state index is 0.333. The van der Waals surface area contributed by atoms with Gasteiger partial charge in [0.1, 0.15) is 0 Å². The molecule has 5 N–H and O–H groups in total. The Hall–Kier alpha value is -1.34. The molecule has 7 nitrogen and oxygen atoms in total. The number of amides is 1. The van der Waals surface area contributed by atoms with Gasteiger partial charge in [-0.15, -0.1) is 0 Å². The number of hydrogen-bond acceptors (Lipinski definition) is 4. The molecule has 0 aromatic rings. The van der Waals surface area contributed by atoms with E-state index >= 15 is 0 Å². The van der Waals surface area contributed by atoms with E-state index in [0.717, 1.165) is 25.8 Å². The molecule has 7 heteroatoms. The number of unbranched alkanes of at least 4 members (excludes halogenated alkanes) is 23. The molecular weight excluding hydrogens is 442 g/mol. The minimum Gasteiger partial charge on any atom is -0.481 e. The van der Waals surface area contributed by atoms with Gasteiger partial charge in [0.25, 0.3) is 0 Å². The third-order valence-corrected chi connectivity index (χ3v) is 6.70. The second kappa shape index (κ2) is 28.9. The predicted molar refractivity (Wildman–Crippen MR) is 145 cm³/mol. The molecule has 0 unspecified atom stereocenters. The number of nitrogens with one attached hydrogen (secondary N) is 3. The van der Waals surface area contributed by atoms with E-state index in [1.807, 2.05) is 0 Å². The molecule has 0 aromatic heterocycles. The second-order valence-electron chi connectivity index (χ2n) is 10.1. The van der Waals surface area contributed by atoms with E-state index in [1.54, 1.807) is 0 Å². The van der Waals surface area contributed by atoms with Crippen LogP contribution in [0.4, 0.5) is 4.79 Å². The van der Waals surface area contributed by atoms with Gasteiger partial charge in [-0.05, 0) is 12.8 Å². The molecule has 0 radical (unpaired) electrons. The smallest absolute Gasteiger partial charge is 0.420 e. The SMILES string of the molecule is O=C(O)CCCCCCCCCCCCCCCCCCCCCCCCCCNNNC(=O)O. The summed E-state index contributed by atoms with van der Waals surface area (Å²) in [6.45, 7) is 0.779. The van der Waals surface area contributed by atoms with Gasteiger partial charge in [0.2, 0.25) is 0 Å². The Bertz CT molecular complexity index is 423. The average Bonchev–Trinajstić information content (AvgIpc) is 2.82. The highest BCUT2D eigenvalue weighted by Gasteiger charge is 1.98. The lowest BCUT2D eigenvalue weighted by Gasteiger charge is -2.06. The topological polar surface area (TPSA) is 111 Å². The lowest BCUT2D eigenvalue weighted by molar-refractivity contribution is -0.137. The molecule has 35 heavy (non-hydrogen) atoms. The highest BCUT2D eigenvalue weighted by Crippen LogP contribution is 2.15. The van der Waals surface area contributed by atoms with E-state index in [4.69, 9.17) is 10.2 Å². The molecule has 0 bridgehead atoms. The van der Waals surface area contributed by atoms with Crippen molar-refractivity contribution in [2.24, 2.45) is 0 Å². The number of hydrogen-bond donors (Lipinski definition) is 5. The van der Waals surface area contributed by atoms with Gasteiger partial charge in [0.05, 0.1) is 0 Å². The van der Waals surface area contributed by atoms with Crippen LogP contribution in [0.5, 0.6) is 0 Å². The van der Waals surface area contributed by atoms with Crippen molar-refractivity contribution in [3.8, 4) is 0 Å². The van der Waals surface area contributed by atoms with Crippen LogP contribution in [0.1, 0.15) is 161 Å². The third kappa shape index (κ3) is 32.7. The van der Waals surface area contributed by atoms with Gasteiger partial charge in [0, 0.05) is 13.0 Å². The van der Waals surface area contributed by atoms with Crippen molar-refractivity contribution in [2.45, 2.75) is 161 Å². The van der Waals surface area contributed by atoms with Crippen molar-refractivity contribution >= 4 is 12.1 Å². The zero-order valence-corrected chi connectivity index (χ0v) is 22.6. The van der Waals surface area contributed by atoms with Gasteiger partial charge >= 0.3 is 12.1 Å². The van der Waals surface area contributed by atoms with Crippen molar-refractivity contribution < 1.29 is 19.8 Å². The molecule has 1 amide bonds. The summed E-state index contributed by atoms with van der Waals surface area (Å²) in [7, 11) is 0. The number of carboxylic acids is 1. The van der Waals surface area contributed by atoms with Crippen molar-refractivity contribution in [1.82, 2.24) is 16.4 Å². The summed E-state index contributed by atoms with van der Waals surface area (Å²) in [4.78, 5) is 20.7. The Labute approximate surface area is 215 Å². The molecule has 0 atom stereocenters. The third-order valence-electron chi connectivity index (χ3n) is 6.70. The summed E-state index contributed by atoms with van der Waals surface area (Å²) in [6.07, 6.45) is 30.7. The fourth-order valence-corrected chi connectivity index (χ4v) is 4.54. The van der Waals surface area contributed by atoms with Crippen LogP contribution in [-0.4, -0.2) is 28.8 Å². The van der Waals surface area contributed by atoms with E-state index in [-0.39, 0.29) is 0 Å².